The molecule has 0 atom stereocenters. The Hall–Kier alpha value is -2.82. The molecule has 0 spiro atoms. The second kappa shape index (κ2) is 5.12. The van der Waals surface area contributed by atoms with Crippen molar-refractivity contribution < 1.29 is 9.53 Å². The molecule has 0 aliphatic carbocycles. The van der Waals surface area contributed by atoms with Gasteiger partial charge in [-0.15, -0.1) is 0 Å². The number of rotatable bonds is 2. The molecule has 0 N–H and O–H groups in total. The summed E-state index contributed by atoms with van der Waals surface area (Å²) in [5.74, 6) is 0.734. The van der Waals surface area contributed by atoms with Crippen LogP contribution >= 0.6 is 0 Å². The summed E-state index contributed by atoms with van der Waals surface area (Å²) in [6.45, 7) is 4.75. The first-order chi connectivity index (χ1) is 11.2. The Bertz CT molecular complexity index is 914. The van der Waals surface area contributed by atoms with Crippen molar-refractivity contribution in [3.05, 3.63) is 48.3 Å². The minimum atomic E-state index is -0.0113. The molecule has 3 heterocycles. The molecule has 0 unspecified atom stereocenters. The third-order valence-electron chi connectivity index (χ3n) is 4.13. The molecule has 1 amide bonds. The maximum absolute atomic E-state index is 12.0. The average molecular weight is 307 g/mol. The fourth-order valence-corrected chi connectivity index (χ4v) is 2.93. The van der Waals surface area contributed by atoms with Gasteiger partial charge >= 0.3 is 0 Å². The Kier molecular flexibility index (Phi) is 3.08. The van der Waals surface area contributed by atoms with Crippen LogP contribution in [0, 0.1) is 6.92 Å². The van der Waals surface area contributed by atoms with E-state index >= 15 is 0 Å². The Morgan fingerprint density at radius 3 is 2.96 bits per heavy atom. The van der Waals surface area contributed by atoms with Crippen molar-refractivity contribution in [2.45, 2.75) is 13.8 Å². The molecule has 0 saturated heterocycles. The first-order valence-corrected chi connectivity index (χ1v) is 7.68. The second-order valence-corrected chi connectivity index (χ2v) is 5.70. The number of aromatic nitrogens is 2. The number of amides is 1. The first-order valence-electron chi connectivity index (χ1n) is 7.68. The third-order valence-corrected chi connectivity index (χ3v) is 4.13. The lowest BCUT2D eigenvalue weighted by atomic mass is 10.1. The van der Waals surface area contributed by atoms with Crippen molar-refractivity contribution in [2.24, 2.45) is 0 Å². The van der Waals surface area contributed by atoms with Crippen molar-refractivity contribution in [1.29, 1.82) is 0 Å². The highest BCUT2D eigenvalue weighted by Crippen LogP contribution is 2.35. The van der Waals surface area contributed by atoms with Gasteiger partial charge in [-0.1, -0.05) is 0 Å². The minimum Gasteiger partial charge on any atom is -0.482 e. The van der Waals surface area contributed by atoms with Crippen molar-refractivity contribution in [1.82, 2.24) is 9.38 Å². The summed E-state index contributed by atoms with van der Waals surface area (Å²) in [5.41, 5.74) is 4.76. The van der Waals surface area contributed by atoms with Gasteiger partial charge in [-0.2, -0.15) is 0 Å². The Morgan fingerprint density at radius 2 is 2.13 bits per heavy atom. The van der Waals surface area contributed by atoms with Crippen molar-refractivity contribution in [3.63, 3.8) is 0 Å². The number of carbonyl (C=O) groups is 1. The molecule has 0 radical (unpaired) electrons. The third kappa shape index (κ3) is 2.25. The van der Waals surface area contributed by atoms with E-state index in [9.17, 15) is 4.79 Å². The summed E-state index contributed by atoms with van der Waals surface area (Å²) in [7, 11) is 0. The number of fused-ring (bicyclic) bond motifs is 2. The van der Waals surface area contributed by atoms with Gasteiger partial charge in [0.25, 0.3) is 5.91 Å². The summed E-state index contributed by atoms with van der Waals surface area (Å²) < 4.78 is 7.52. The molecule has 4 rings (SSSR count). The van der Waals surface area contributed by atoms with E-state index < -0.39 is 0 Å². The van der Waals surface area contributed by atoms with Crippen LogP contribution in [0.1, 0.15) is 12.5 Å². The highest BCUT2D eigenvalue weighted by molar-refractivity contribution is 5.98. The second-order valence-electron chi connectivity index (χ2n) is 5.70. The number of benzene rings is 1. The number of pyridine rings is 1. The molecular weight excluding hydrogens is 290 g/mol. The number of hydrogen-bond acceptors (Lipinski definition) is 3. The maximum atomic E-state index is 12.0. The van der Waals surface area contributed by atoms with Crippen LogP contribution in [0.3, 0.4) is 0 Å². The molecule has 3 aromatic rings. The van der Waals surface area contributed by atoms with Crippen LogP contribution in [0.2, 0.25) is 0 Å². The van der Waals surface area contributed by atoms with Crippen LogP contribution in [-0.2, 0) is 4.79 Å². The van der Waals surface area contributed by atoms with Gasteiger partial charge < -0.3 is 14.0 Å². The summed E-state index contributed by atoms with van der Waals surface area (Å²) >= 11 is 0. The van der Waals surface area contributed by atoms with Crippen LogP contribution in [0.5, 0.6) is 5.75 Å². The zero-order valence-electron chi connectivity index (χ0n) is 13.1. The fraction of sp³-hybridized carbons (Fsp3) is 0.222. The number of likely N-dealkylation sites (N-methyl/N-ethyl adjacent to an activating group) is 1. The summed E-state index contributed by atoms with van der Waals surface area (Å²) in [5, 5.41) is 0. The highest BCUT2D eigenvalue weighted by atomic mass is 16.5. The van der Waals surface area contributed by atoms with E-state index in [1.807, 2.05) is 48.0 Å². The summed E-state index contributed by atoms with van der Waals surface area (Å²) in [4.78, 5) is 18.4. The Labute approximate surface area is 134 Å². The Balaban J connectivity index is 1.82. The lowest BCUT2D eigenvalue weighted by Crippen LogP contribution is -2.38. The quantitative estimate of drug-likeness (QED) is 0.731. The van der Waals surface area contributed by atoms with E-state index in [-0.39, 0.29) is 12.5 Å². The van der Waals surface area contributed by atoms with E-state index in [2.05, 4.69) is 18.0 Å². The van der Waals surface area contributed by atoms with Crippen LogP contribution in [0.15, 0.2) is 42.7 Å². The van der Waals surface area contributed by atoms with Gasteiger partial charge in [0, 0.05) is 24.5 Å². The van der Waals surface area contributed by atoms with Crippen molar-refractivity contribution in [3.8, 4) is 17.0 Å². The number of imidazole rings is 1. The van der Waals surface area contributed by atoms with Crippen molar-refractivity contribution >= 4 is 17.2 Å². The minimum absolute atomic E-state index is 0.0113. The molecule has 0 bridgehead atoms. The van der Waals surface area contributed by atoms with Crippen LogP contribution in [0.25, 0.3) is 16.9 Å². The van der Waals surface area contributed by atoms with Crippen LogP contribution in [0.4, 0.5) is 5.69 Å². The molecule has 5 heteroatoms. The van der Waals surface area contributed by atoms with E-state index in [1.165, 1.54) is 5.56 Å². The monoisotopic (exact) mass is 307 g/mol. The topological polar surface area (TPSA) is 46.8 Å². The van der Waals surface area contributed by atoms with E-state index in [0.29, 0.717) is 6.54 Å². The molecule has 2 aromatic heterocycles. The van der Waals surface area contributed by atoms with E-state index in [4.69, 9.17) is 4.74 Å². The highest BCUT2D eigenvalue weighted by Gasteiger charge is 2.24. The predicted molar refractivity (Wildman–Crippen MR) is 88.9 cm³/mol. The molecule has 5 nitrogen and oxygen atoms in total. The van der Waals surface area contributed by atoms with E-state index in [1.54, 1.807) is 4.90 Å². The number of aryl methyl sites for hydroxylation is 1. The van der Waals surface area contributed by atoms with Crippen molar-refractivity contribution in [2.75, 3.05) is 18.1 Å². The molecule has 1 aromatic carbocycles. The number of anilines is 1. The molecule has 0 fully saturated rings. The molecule has 1 aliphatic rings. The smallest absolute Gasteiger partial charge is 0.265 e. The lowest BCUT2D eigenvalue weighted by molar-refractivity contribution is -0.121. The zero-order chi connectivity index (χ0) is 16.0. The standard InChI is InChI=1S/C18H17N3O2/c1-3-21-15-9-13(4-5-16(15)23-11-18(21)22)14-10-20-7-6-12(2)8-17(20)19-14/h4-10H,3,11H2,1-2H3. The zero-order valence-corrected chi connectivity index (χ0v) is 13.1. The molecular formula is C18H17N3O2. The number of carbonyl (C=O) groups excluding carboxylic acids is 1. The van der Waals surface area contributed by atoms with Gasteiger partial charge in [0.1, 0.15) is 11.4 Å². The molecule has 116 valence electrons. The van der Waals surface area contributed by atoms with Gasteiger partial charge in [0.05, 0.1) is 11.4 Å². The first kappa shape index (κ1) is 13.8. The van der Waals surface area contributed by atoms with Gasteiger partial charge in [-0.3, -0.25) is 4.79 Å². The normalized spacial score (nSPS) is 14.0. The fourth-order valence-electron chi connectivity index (χ4n) is 2.93. The molecule has 1 aliphatic heterocycles. The number of ether oxygens (including phenoxy) is 1. The SMILES string of the molecule is CCN1C(=O)COc2ccc(-c3cn4ccc(C)cc4n3)cc21. The Morgan fingerprint density at radius 1 is 1.26 bits per heavy atom. The molecule has 0 saturated carbocycles. The average Bonchev–Trinajstić information content (AvgIpc) is 2.97. The van der Waals surface area contributed by atoms with Gasteiger partial charge in [0.15, 0.2) is 6.61 Å². The molecule has 23 heavy (non-hydrogen) atoms. The maximum Gasteiger partial charge on any atom is 0.265 e. The van der Waals surface area contributed by atoms with Gasteiger partial charge in [-0.05, 0) is 49.7 Å². The predicted octanol–water partition coefficient (Wildman–Crippen LogP) is 3.06. The van der Waals surface area contributed by atoms with Crippen LogP contribution in [-0.4, -0.2) is 28.4 Å². The number of hydrogen-bond donors (Lipinski definition) is 0. The number of nitrogens with zero attached hydrogens (tertiary/aromatic N) is 3. The summed E-state index contributed by atoms with van der Waals surface area (Å²) in [6, 6.07) is 9.97. The van der Waals surface area contributed by atoms with Gasteiger partial charge in [-0.25, -0.2) is 4.98 Å². The summed E-state index contributed by atoms with van der Waals surface area (Å²) in [6.07, 6.45) is 4.00. The van der Waals surface area contributed by atoms with Crippen LogP contribution < -0.4 is 9.64 Å². The lowest BCUT2D eigenvalue weighted by Gasteiger charge is -2.28. The largest absolute Gasteiger partial charge is 0.482 e. The van der Waals surface area contributed by atoms with E-state index in [0.717, 1.165) is 28.3 Å². The van der Waals surface area contributed by atoms with Gasteiger partial charge in [0.2, 0.25) is 0 Å².